The second-order valence-corrected chi connectivity index (χ2v) is 6.79. The zero-order valence-corrected chi connectivity index (χ0v) is 14.6. The molecule has 2 rings (SSSR count). The summed E-state index contributed by atoms with van der Waals surface area (Å²) in [5.41, 5.74) is 1.17. The maximum Gasteiger partial charge on any atom is 0.315 e. The smallest absolute Gasteiger partial charge is 0.315 e. The molecule has 6 nitrogen and oxygen atoms in total. The molecule has 1 fully saturated rings. The van der Waals surface area contributed by atoms with Crippen molar-refractivity contribution >= 4 is 6.03 Å². The molecule has 6 heteroatoms. The first-order valence-corrected chi connectivity index (χ1v) is 8.59. The van der Waals surface area contributed by atoms with Crippen LogP contribution in [0.3, 0.4) is 0 Å². The van der Waals surface area contributed by atoms with Crippen LogP contribution in [-0.4, -0.2) is 47.8 Å². The second-order valence-electron chi connectivity index (χ2n) is 6.79. The van der Waals surface area contributed by atoms with Gasteiger partial charge in [-0.05, 0) is 38.8 Å². The Bertz CT molecular complexity index is 522. The molecule has 3 N–H and O–H groups in total. The van der Waals surface area contributed by atoms with E-state index in [-0.39, 0.29) is 18.1 Å². The third-order valence-electron chi connectivity index (χ3n) is 4.24. The van der Waals surface area contributed by atoms with Crippen LogP contribution in [0.1, 0.15) is 45.0 Å². The Kier molecular flexibility index (Phi) is 6.87. The van der Waals surface area contributed by atoms with Crippen LogP contribution in [0, 0.1) is 0 Å². The van der Waals surface area contributed by atoms with Gasteiger partial charge in [-0.3, -0.25) is 4.90 Å². The van der Waals surface area contributed by atoms with E-state index < -0.39 is 6.10 Å². The van der Waals surface area contributed by atoms with Crippen molar-refractivity contribution in [3.8, 4) is 0 Å². The molecule has 24 heavy (non-hydrogen) atoms. The van der Waals surface area contributed by atoms with E-state index in [4.69, 9.17) is 4.42 Å². The van der Waals surface area contributed by atoms with Gasteiger partial charge in [0.2, 0.25) is 0 Å². The van der Waals surface area contributed by atoms with Crippen LogP contribution < -0.4 is 10.6 Å². The number of aliphatic hydroxyl groups excluding tert-OH is 1. The summed E-state index contributed by atoms with van der Waals surface area (Å²) in [6.45, 7) is 10.7. The van der Waals surface area contributed by atoms with Crippen molar-refractivity contribution in [1.29, 1.82) is 0 Å². The maximum atomic E-state index is 12.1. The summed E-state index contributed by atoms with van der Waals surface area (Å²) in [7, 11) is 0. The number of aliphatic hydroxyl groups is 1. The fraction of sp³-hybridized carbons (Fsp3) is 0.611. The predicted molar refractivity (Wildman–Crippen MR) is 93.7 cm³/mol. The Balaban J connectivity index is 1.67. The Morgan fingerprint density at radius 3 is 2.79 bits per heavy atom. The van der Waals surface area contributed by atoms with Crippen molar-refractivity contribution in [2.24, 2.45) is 0 Å². The van der Waals surface area contributed by atoms with Gasteiger partial charge < -0.3 is 20.2 Å². The lowest BCUT2D eigenvalue weighted by molar-refractivity contribution is 0.129. The van der Waals surface area contributed by atoms with E-state index in [1.807, 2.05) is 13.8 Å². The van der Waals surface area contributed by atoms with Gasteiger partial charge in [-0.1, -0.05) is 12.2 Å². The van der Waals surface area contributed by atoms with Crippen LogP contribution in [-0.2, 0) is 0 Å². The lowest BCUT2D eigenvalue weighted by atomic mass is 10.0. The summed E-state index contributed by atoms with van der Waals surface area (Å²) in [4.78, 5) is 14.5. The highest BCUT2D eigenvalue weighted by Gasteiger charge is 2.22. The molecule has 1 aliphatic rings. The largest absolute Gasteiger partial charge is 0.467 e. The van der Waals surface area contributed by atoms with E-state index in [9.17, 15) is 9.90 Å². The summed E-state index contributed by atoms with van der Waals surface area (Å²) in [5.74, 6) is 0.522. The zero-order chi connectivity index (χ0) is 17.5. The average Bonchev–Trinajstić information content (AvgIpc) is 3.02. The number of piperidine rings is 1. The first kappa shape index (κ1) is 18.5. The summed E-state index contributed by atoms with van der Waals surface area (Å²) in [6, 6.07) is 3.36. The number of likely N-dealkylation sites (tertiary alicyclic amines) is 1. The van der Waals surface area contributed by atoms with E-state index in [0.29, 0.717) is 12.2 Å². The second kappa shape index (κ2) is 8.89. The molecule has 0 bridgehead atoms. The van der Waals surface area contributed by atoms with Crippen LogP contribution in [0.25, 0.3) is 0 Å². The summed E-state index contributed by atoms with van der Waals surface area (Å²) >= 11 is 0. The lowest BCUT2D eigenvalue weighted by Gasteiger charge is -2.32. The van der Waals surface area contributed by atoms with Crippen molar-refractivity contribution in [2.45, 2.75) is 51.3 Å². The summed E-state index contributed by atoms with van der Waals surface area (Å²) < 4.78 is 5.17. The van der Waals surface area contributed by atoms with E-state index in [2.05, 4.69) is 22.1 Å². The van der Waals surface area contributed by atoms with Crippen molar-refractivity contribution in [2.75, 3.05) is 19.6 Å². The molecule has 1 aromatic rings. The van der Waals surface area contributed by atoms with Crippen molar-refractivity contribution < 1.29 is 14.3 Å². The standard InChI is InChI=1S/C18H29N3O3/c1-13(2)12-21-8-6-15(7-9-21)20-18(23)19-14(3)11-16(22)17-5-4-10-24-17/h4-5,10,14-16,22H,1,6-9,11-12H2,2-3H3,(H2,19,20,23). The highest BCUT2D eigenvalue weighted by molar-refractivity contribution is 5.74. The lowest BCUT2D eigenvalue weighted by Crippen LogP contribution is -2.49. The number of rotatable bonds is 7. The van der Waals surface area contributed by atoms with E-state index in [1.54, 1.807) is 12.1 Å². The molecule has 0 aliphatic carbocycles. The molecule has 2 unspecified atom stereocenters. The van der Waals surface area contributed by atoms with Gasteiger partial charge in [0.15, 0.2) is 0 Å². The minimum Gasteiger partial charge on any atom is -0.467 e. The number of nitrogens with one attached hydrogen (secondary N) is 2. The highest BCUT2D eigenvalue weighted by Crippen LogP contribution is 2.18. The number of hydrogen-bond donors (Lipinski definition) is 3. The minimum absolute atomic E-state index is 0.145. The van der Waals surface area contributed by atoms with Crippen molar-refractivity contribution in [1.82, 2.24) is 15.5 Å². The van der Waals surface area contributed by atoms with E-state index in [0.717, 1.165) is 32.5 Å². The van der Waals surface area contributed by atoms with Crippen molar-refractivity contribution in [3.05, 3.63) is 36.3 Å². The fourth-order valence-corrected chi connectivity index (χ4v) is 3.06. The molecule has 0 spiro atoms. The summed E-state index contributed by atoms with van der Waals surface area (Å²) in [5, 5.41) is 15.9. The van der Waals surface area contributed by atoms with Crippen LogP contribution in [0.2, 0.25) is 0 Å². The third kappa shape index (κ3) is 6.02. The van der Waals surface area contributed by atoms with Gasteiger partial charge in [0, 0.05) is 38.1 Å². The highest BCUT2D eigenvalue weighted by atomic mass is 16.4. The molecular formula is C18H29N3O3. The molecule has 1 saturated heterocycles. The average molecular weight is 335 g/mol. The Hall–Kier alpha value is -1.79. The molecule has 2 amide bonds. The summed E-state index contributed by atoms with van der Waals surface area (Å²) in [6.07, 6.45) is 3.14. The SMILES string of the molecule is C=C(C)CN1CCC(NC(=O)NC(C)CC(O)c2ccco2)CC1. The van der Waals surface area contributed by atoms with Gasteiger partial charge in [-0.25, -0.2) is 4.79 Å². The number of urea groups is 1. The van der Waals surface area contributed by atoms with Crippen LogP contribution in [0.5, 0.6) is 0 Å². The normalized spacial score (nSPS) is 18.8. The number of furan rings is 1. The van der Waals surface area contributed by atoms with Gasteiger partial charge in [0.05, 0.1) is 6.26 Å². The third-order valence-corrected chi connectivity index (χ3v) is 4.24. The van der Waals surface area contributed by atoms with Crippen molar-refractivity contribution in [3.63, 3.8) is 0 Å². The molecule has 0 aromatic carbocycles. The molecule has 1 aliphatic heterocycles. The molecule has 0 radical (unpaired) electrons. The Morgan fingerprint density at radius 1 is 1.50 bits per heavy atom. The quantitative estimate of drug-likeness (QED) is 0.669. The molecule has 134 valence electrons. The van der Waals surface area contributed by atoms with Gasteiger partial charge >= 0.3 is 6.03 Å². The van der Waals surface area contributed by atoms with Gasteiger partial charge in [-0.2, -0.15) is 0 Å². The van der Waals surface area contributed by atoms with Crippen LogP contribution in [0.4, 0.5) is 4.79 Å². The number of nitrogens with zero attached hydrogens (tertiary/aromatic N) is 1. The topological polar surface area (TPSA) is 77.7 Å². The van der Waals surface area contributed by atoms with Gasteiger partial charge in [0.1, 0.15) is 11.9 Å². The van der Waals surface area contributed by atoms with Crippen LogP contribution >= 0.6 is 0 Å². The number of carbonyl (C=O) groups excluding carboxylic acids is 1. The maximum absolute atomic E-state index is 12.1. The monoisotopic (exact) mass is 335 g/mol. The van der Waals surface area contributed by atoms with E-state index >= 15 is 0 Å². The molecule has 0 saturated carbocycles. The van der Waals surface area contributed by atoms with Crippen LogP contribution in [0.15, 0.2) is 35.0 Å². The molecular weight excluding hydrogens is 306 g/mol. The number of amides is 2. The fourth-order valence-electron chi connectivity index (χ4n) is 3.06. The van der Waals surface area contributed by atoms with Gasteiger partial charge in [-0.15, -0.1) is 0 Å². The minimum atomic E-state index is -0.708. The van der Waals surface area contributed by atoms with Gasteiger partial charge in [0.25, 0.3) is 0 Å². The zero-order valence-electron chi connectivity index (χ0n) is 14.6. The molecule has 2 heterocycles. The first-order valence-electron chi connectivity index (χ1n) is 8.59. The Labute approximate surface area is 143 Å². The van der Waals surface area contributed by atoms with E-state index in [1.165, 1.54) is 11.8 Å². The Morgan fingerprint density at radius 2 is 2.21 bits per heavy atom. The first-order chi connectivity index (χ1) is 11.4. The predicted octanol–water partition coefficient (Wildman–Crippen LogP) is 2.43. The molecule has 2 atom stereocenters. The molecule has 1 aromatic heterocycles. The number of hydrogen-bond acceptors (Lipinski definition) is 4. The number of carbonyl (C=O) groups is 1.